The van der Waals surface area contributed by atoms with E-state index in [9.17, 15) is 9.59 Å². The van der Waals surface area contributed by atoms with Crippen LogP contribution < -0.4 is 5.32 Å². The number of carbonyl (C=O) groups excluding carboxylic acids is 1. The summed E-state index contributed by atoms with van der Waals surface area (Å²) in [5.74, 6) is -0.330. The minimum Gasteiger partial charge on any atom is -0.480 e. The normalized spacial score (nSPS) is 22.6. The molecule has 1 aromatic carbocycles. The first-order valence-corrected chi connectivity index (χ1v) is 7.29. The first-order valence-electron chi connectivity index (χ1n) is 6.24. The Balaban J connectivity index is 1.80. The summed E-state index contributed by atoms with van der Waals surface area (Å²) >= 11 is 1.63. The predicted molar refractivity (Wildman–Crippen MR) is 75.3 cm³/mol. The van der Waals surface area contributed by atoms with Crippen molar-refractivity contribution in [3.8, 4) is 0 Å². The van der Waals surface area contributed by atoms with Crippen LogP contribution in [0.25, 0.3) is 0 Å². The van der Waals surface area contributed by atoms with Crippen molar-refractivity contribution in [2.45, 2.75) is 30.6 Å². The topological polar surface area (TPSA) is 66.4 Å². The van der Waals surface area contributed by atoms with Crippen LogP contribution in [0.15, 0.2) is 30.3 Å². The van der Waals surface area contributed by atoms with Crippen molar-refractivity contribution in [1.29, 1.82) is 0 Å². The molecule has 1 amide bonds. The molecule has 2 N–H and O–H groups in total. The minimum absolute atomic E-state index is 0.302. The third-order valence-corrected chi connectivity index (χ3v) is 4.59. The molecule has 0 heterocycles. The SMILES string of the molecule is CC(=O)N[C@@H](CSC1CC1c1ccccc1)C(=O)O. The van der Waals surface area contributed by atoms with Gasteiger partial charge in [0.15, 0.2) is 0 Å². The Morgan fingerprint density at radius 3 is 2.68 bits per heavy atom. The van der Waals surface area contributed by atoms with Crippen LogP contribution in [0.1, 0.15) is 24.8 Å². The molecule has 0 aliphatic heterocycles. The van der Waals surface area contributed by atoms with Gasteiger partial charge in [-0.15, -0.1) is 0 Å². The molecule has 5 heteroatoms. The van der Waals surface area contributed by atoms with Crippen LogP contribution in [0.5, 0.6) is 0 Å². The number of aliphatic carboxylic acids is 1. The smallest absolute Gasteiger partial charge is 0.327 e. The van der Waals surface area contributed by atoms with Crippen LogP contribution in [0.2, 0.25) is 0 Å². The highest BCUT2D eigenvalue weighted by atomic mass is 32.2. The molecule has 19 heavy (non-hydrogen) atoms. The van der Waals surface area contributed by atoms with Gasteiger partial charge in [0.1, 0.15) is 6.04 Å². The average Bonchev–Trinajstić information content (AvgIpc) is 3.14. The van der Waals surface area contributed by atoms with E-state index in [2.05, 4.69) is 17.4 Å². The van der Waals surface area contributed by atoms with E-state index < -0.39 is 12.0 Å². The zero-order valence-electron chi connectivity index (χ0n) is 10.7. The van der Waals surface area contributed by atoms with Gasteiger partial charge in [-0.1, -0.05) is 30.3 Å². The highest BCUT2D eigenvalue weighted by Crippen LogP contribution is 2.49. The fourth-order valence-corrected chi connectivity index (χ4v) is 3.45. The zero-order valence-corrected chi connectivity index (χ0v) is 11.5. The maximum atomic E-state index is 11.0. The van der Waals surface area contributed by atoms with E-state index in [1.165, 1.54) is 12.5 Å². The Bertz CT molecular complexity index is 463. The van der Waals surface area contributed by atoms with E-state index >= 15 is 0 Å². The molecule has 1 aliphatic carbocycles. The number of rotatable bonds is 6. The van der Waals surface area contributed by atoms with Crippen molar-refractivity contribution < 1.29 is 14.7 Å². The Labute approximate surface area is 116 Å². The third kappa shape index (κ3) is 3.99. The van der Waals surface area contributed by atoms with E-state index in [1.807, 2.05) is 18.2 Å². The van der Waals surface area contributed by atoms with E-state index in [-0.39, 0.29) is 5.91 Å². The number of hydrogen-bond acceptors (Lipinski definition) is 3. The van der Waals surface area contributed by atoms with E-state index in [4.69, 9.17) is 5.11 Å². The van der Waals surface area contributed by atoms with Crippen molar-refractivity contribution in [3.63, 3.8) is 0 Å². The lowest BCUT2D eigenvalue weighted by Gasteiger charge is -2.12. The third-order valence-electron chi connectivity index (χ3n) is 3.11. The highest BCUT2D eigenvalue weighted by Gasteiger charge is 2.39. The van der Waals surface area contributed by atoms with Gasteiger partial charge < -0.3 is 10.4 Å². The molecular weight excluding hydrogens is 262 g/mol. The van der Waals surface area contributed by atoms with E-state index in [0.717, 1.165) is 6.42 Å². The van der Waals surface area contributed by atoms with Gasteiger partial charge in [-0.05, 0) is 17.9 Å². The van der Waals surface area contributed by atoms with Gasteiger partial charge in [-0.25, -0.2) is 4.79 Å². The summed E-state index contributed by atoms with van der Waals surface area (Å²) in [5, 5.41) is 11.9. The van der Waals surface area contributed by atoms with Gasteiger partial charge >= 0.3 is 5.97 Å². The summed E-state index contributed by atoms with van der Waals surface area (Å²) in [5.41, 5.74) is 1.31. The van der Waals surface area contributed by atoms with Crippen molar-refractivity contribution in [2.75, 3.05) is 5.75 Å². The monoisotopic (exact) mass is 279 g/mol. The fraction of sp³-hybridized carbons (Fsp3) is 0.429. The van der Waals surface area contributed by atoms with Crippen molar-refractivity contribution in [3.05, 3.63) is 35.9 Å². The summed E-state index contributed by atoms with van der Waals surface area (Å²) in [6, 6.07) is 9.45. The largest absolute Gasteiger partial charge is 0.480 e. The molecule has 1 aromatic rings. The first kappa shape index (κ1) is 13.9. The van der Waals surface area contributed by atoms with Crippen molar-refractivity contribution in [2.24, 2.45) is 0 Å². The molecule has 0 radical (unpaired) electrons. The molecule has 3 atom stereocenters. The number of carbonyl (C=O) groups is 2. The second-order valence-electron chi connectivity index (χ2n) is 4.72. The molecule has 0 spiro atoms. The van der Waals surface area contributed by atoms with Gasteiger partial charge in [-0.2, -0.15) is 11.8 Å². The number of carboxylic acid groups (broad SMARTS) is 1. The second kappa shape index (κ2) is 6.10. The highest BCUT2D eigenvalue weighted by molar-refractivity contribution is 8.00. The molecule has 102 valence electrons. The molecule has 0 aromatic heterocycles. The molecule has 1 aliphatic rings. The van der Waals surface area contributed by atoms with Crippen LogP contribution in [0, 0.1) is 0 Å². The molecule has 0 bridgehead atoms. The lowest BCUT2D eigenvalue weighted by molar-refractivity contribution is -0.140. The molecule has 1 saturated carbocycles. The summed E-state index contributed by atoms with van der Waals surface area (Å²) < 4.78 is 0. The first-order chi connectivity index (χ1) is 9.08. The predicted octanol–water partition coefficient (Wildman–Crippen LogP) is 1.86. The molecular formula is C14H17NO3S. The van der Waals surface area contributed by atoms with Gasteiger partial charge in [-0.3, -0.25) is 4.79 Å². The van der Waals surface area contributed by atoms with E-state index in [1.54, 1.807) is 11.8 Å². The van der Waals surface area contributed by atoms with Gasteiger partial charge in [0.05, 0.1) is 0 Å². The maximum Gasteiger partial charge on any atom is 0.327 e. The van der Waals surface area contributed by atoms with Crippen LogP contribution >= 0.6 is 11.8 Å². The van der Waals surface area contributed by atoms with Crippen molar-refractivity contribution in [1.82, 2.24) is 5.32 Å². The number of thioether (sulfide) groups is 1. The van der Waals surface area contributed by atoms with Crippen LogP contribution in [0.4, 0.5) is 0 Å². The quantitative estimate of drug-likeness (QED) is 0.834. The van der Waals surface area contributed by atoms with Gasteiger partial charge in [0.2, 0.25) is 5.91 Å². The van der Waals surface area contributed by atoms with Crippen LogP contribution in [0.3, 0.4) is 0 Å². The zero-order chi connectivity index (χ0) is 13.8. The van der Waals surface area contributed by atoms with E-state index in [0.29, 0.717) is 16.9 Å². The minimum atomic E-state index is -0.973. The Hall–Kier alpha value is -1.49. The molecule has 2 rings (SSSR count). The standard InChI is InChI=1S/C14H17NO3S/c1-9(16)15-12(14(17)18)8-19-13-7-11(13)10-5-3-2-4-6-10/h2-6,11-13H,7-8H2,1H3,(H,15,16)(H,17,18)/t11?,12-,13?/m0/s1. The fourth-order valence-electron chi connectivity index (χ4n) is 2.05. The maximum absolute atomic E-state index is 11.0. The van der Waals surface area contributed by atoms with Gasteiger partial charge in [0.25, 0.3) is 0 Å². The number of amides is 1. The van der Waals surface area contributed by atoms with Crippen LogP contribution in [-0.4, -0.2) is 34.0 Å². The second-order valence-corrected chi connectivity index (χ2v) is 5.99. The molecule has 4 nitrogen and oxygen atoms in total. The molecule has 0 saturated heterocycles. The summed E-state index contributed by atoms with van der Waals surface area (Å²) in [6.07, 6.45) is 1.08. The lowest BCUT2D eigenvalue weighted by atomic mass is 10.1. The number of nitrogens with one attached hydrogen (secondary N) is 1. The Morgan fingerprint density at radius 2 is 2.11 bits per heavy atom. The van der Waals surface area contributed by atoms with Gasteiger partial charge in [0, 0.05) is 17.9 Å². The summed E-state index contributed by atoms with van der Waals surface area (Å²) in [6.45, 7) is 1.34. The molecule has 2 unspecified atom stereocenters. The number of hydrogen-bond donors (Lipinski definition) is 2. The lowest BCUT2D eigenvalue weighted by Crippen LogP contribution is -2.41. The van der Waals surface area contributed by atoms with Crippen LogP contribution in [-0.2, 0) is 9.59 Å². The Morgan fingerprint density at radius 1 is 1.42 bits per heavy atom. The number of carboxylic acids is 1. The summed E-state index contributed by atoms with van der Waals surface area (Å²) in [4.78, 5) is 21.9. The average molecular weight is 279 g/mol. The summed E-state index contributed by atoms with van der Waals surface area (Å²) in [7, 11) is 0. The number of benzene rings is 1. The van der Waals surface area contributed by atoms with Crippen molar-refractivity contribution >= 4 is 23.6 Å². The molecule has 1 fully saturated rings. The Kier molecular flexibility index (Phi) is 4.47.